The molecule has 0 amide bonds. The van der Waals surface area contributed by atoms with Crippen molar-refractivity contribution in [3.05, 3.63) is 26.6 Å². The summed E-state index contributed by atoms with van der Waals surface area (Å²) in [5.74, 6) is -0.479. The monoisotopic (exact) mass is 350 g/mol. The molecule has 0 unspecified atom stereocenters. The third-order valence-electron chi connectivity index (χ3n) is 3.87. The first-order valence-corrected chi connectivity index (χ1v) is 8.65. The average molecular weight is 350 g/mol. The number of nitrogens with zero attached hydrogens (tertiary/aromatic N) is 1. The second kappa shape index (κ2) is 6.35. The van der Waals surface area contributed by atoms with Gasteiger partial charge in [0.25, 0.3) is 5.56 Å². The van der Waals surface area contributed by atoms with Crippen molar-refractivity contribution < 1.29 is 19.1 Å². The van der Waals surface area contributed by atoms with Crippen LogP contribution in [0, 0.1) is 12.8 Å². The fraction of sp³-hybridized carbons (Fsp3) is 0.500. The Labute approximate surface area is 142 Å². The summed E-state index contributed by atoms with van der Waals surface area (Å²) in [7, 11) is 0. The molecule has 0 aliphatic heterocycles. The van der Waals surface area contributed by atoms with Crippen molar-refractivity contribution >= 4 is 33.5 Å². The lowest BCUT2D eigenvalue weighted by Gasteiger charge is -2.12. The number of ether oxygens (including phenoxy) is 2. The van der Waals surface area contributed by atoms with Gasteiger partial charge in [-0.25, -0.2) is 9.78 Å². The first-order valence-electron chi connectivity index (χ1n) is 7.83. The lowest BCUT2D eigenvalue weighted by atomic mass is 10.2. The van der Waals surface area contributed by atoms with Crippen molar-refractivity contribution in [3.8, 4) is 0 Å². The third kappa shape index (κ3) is 3.06. The van der Waals surface area contributed by atoms with E-state index in [0.717, 1.165) is 24.2 Å². The number of thiophene rings is 1. The molecule has 8 heteroatoms. The van der Waals surface area contributed by atoms with Crippen molar-refractivity contribution in [2.45, 2.75) is 39.7 Å². The molecule has 2 heterocycles. The number of hydrogen-bond donors (Lipinski definition) is 1. The number of aromatic amines is 1. The lowest BCUT2D eigenvalue weighted by molar-refractivity contribution is -0.150. The van der Waals surface area contributed by atoms with Gasteiger partial charge in [0, 0.05) is 0 Å². The van der Waals surface area contributed by atoms with Gasteiger partial charge in [0.2, 0.25) is 0 Å². The molecule has 0 aromatic carbocycles. The van der Waals surface area contributed by atoms with E-state index >= 15 is 0 Å². The third-order valence-corrected chi connectivity index (χ3v) is 5.03. The Morgan fingerprint density at radius 2 is 2.12 bits per heavy atom. The molecular weight excluding hydrogens is 332 g/mol. The van der Waals surface area contributed by atoms with Crippen LogP contribution in [-0.2, 0) is 14.3 Å². The highest BCUT2D eigenvalue weighted by atomic mass is 32.1. The van der Waals surface area contributed by atoms with Crippen LogP contribution in [0.2, 0.25) is 0 Å². The van der Waals surface area contributed by atoms with E-state index in [1.807, 2.05) is 0 Å². The molecule has 128 valence electrons. The predicted molar refractivity (Wildman–Crippen MR) is 88.2 cm³/mol. The molecular formula is C16H18N2O5S. The van der Waals surface area contributed by atoms with Crippen LogP contribution in [-0.4, -0.2) is 28.5 Å². The van der Waals surface area contributed by atoms with Crippen molar-refractivity contribution in [2.24, 2.45) is 5.92 Å². The molecule has 1 aliphatic carbocycles. The first-order chi connectivity index (χ1) is 11.4. The minimum Gasteiger partial charge on any atom is -0.462 e. The maximum Gasteiger partial charge on any atom is 0.348 e. The highest BCUT2D eigenvalue weighted by molar-refractivity contribution is 7.20. The number of fused-ring (bicyclic) bond motifs is 1. The van der Waals surface area contributed by atoms with Crippen LogP contribution in [0.3, 0.4) is 0 Å². The number of esters is 2. The highest BCUT2D eigenvalue weighted by Gasteiger charge is 2.33. The van der Waals surface area contributed by atoms with Crippen LogP contribution >= 0.6 is 11.3 Å². The van der Waals surface area contributed by atoms with Gasteiger partial charge in [-0.1, -0.05) is 0 Å². The average Bonchev–Trinajstić information content (AvgIpc) is 3.31. The van der Waals surface area contributed by atoms with E-state index < -0.39 is 12.1 Å². The highest BCUT2D eigenvalue weighted by Crippen LogP contribution is 2.32. The van der Waals surface area contributed by atoms with Gasteiger partial charge in [0.05, 0.1) is 17.9 Å². The molecule has 0 saturated heterocycles. The summed E-state index contributed by atoms with van der Waals surface area (Å²) in [6.07, 6.45) is 1.05. The van der Waals surface area contributed by atoms with Crippen molar-refractivity contribution in [3.63, 3.8) is 0 Å². The van der Waals surface area contributed by atoms with Crippen LogP contribution in [0.1, 0.15) is 53.9 Å². The lowest BCUT2D eigenvalue weighted by Crippen LogP contribution is -2.17. The van der Waals surface area contributed by atoms with Crippen LogP contribution in [0.4, 0.5) is 0 Å². The molecule has 3 rings (SSSR count). The molecule has 0 bridgehead atoms. The molecule has 1 saturated carbocycles. The van der Waals surface area contributed by atoms with E-state index in [-0.39, 0.29) is 29.9 Å². The Morgan fingerprint density at radius 1 is 1.42 bits per heavy atom. The topological polar surface area (TPSA) is 98.3 Å². The Balaban J connectivity index is 1.95. The normalized spacial score (nSPS) is 15.3. The summed E-state index contributed by atoms with van der Waals surface area (Å²) in [6, 6.07) is 0. The molecule has 2 aromatic heterocycles. The molecule has 24 heavy (non-hydrogen) atoms. The number of nitrogens with one attached hydrogen (secondary N) is 1. The fourth-order valence-corrected chi connectivity index (χ4v) is 3.47. The van der Waals surface area contributed by atoms with Gasteiger partial charge in [-0.3, -0.25) is 9.59 Å². The summed E-state index contributed by atoms with van der Waals surface area (Å²) >= 11 is 1.11. The second-order valence-corrected chi connectivity index (χ2v) is 6.76. The number of hydrogen-bond acceptors (Lipinski definition) is 7. The van der Waals surface area contributed by atoms with Crippen molar-refractivity contribution in [1.29, 1.82) is 0 Å². The van der Waals surface area contributed by atoms with Gasteiger partial charge in [0.1, 0.15) is 9.71 Å². The van der Waals surface area contributed by atoms with E-state index in [9.17, 15) is 14.4 Å². The standard InChI is InChI=1S/C16H18N2O5S/c1-4-22-16(21)11-7(2)10-13(19)17-12(18-14(10)24-11)8(3)23-15(20)9-5-6-9/h8-9H,4-6H2,1-3H3,(H,17,18,19)/t8-/m0/s1. The summed E-state index contributed by atoms with van der Waals surface area (Å²) in [4.78, 5) is 43.9. The smallest absolute Gasteiger partial charge is 0.348 e. The van der Waals surface area contributed by atoms with E-state index in [0.29, 0.717) is 20.7 Å². The van der Waals surface area contributed by atoms with Crippen molar-refractivity contribution in [1.82, 2.24) is 9.97 Å². The summed E-state index contributed by atoms with van der Waals surface area (Å²) < 4.78 is 10.3. The molecule has 1 fully saturated rings. The first kappa shape index (κ1) is 16.6. The van der Waals surface area contributed by atoms with Gasteiger partial charge >= 0.3 is 11.9 Å². The van der Waals surface area contributed by atoms with E-state index in [1.165, 1.54) is 0 Å². The molecule has 1 N–H and O–H groups in total. The Hall–Kier alpha value is -2.22. The van der Waals surface area contributed by atoms with Crippen molar-refractivity contribution in [2.75, 3.05) is 6.61 Å². The van der Waals surface area contributed by atoms with Gasteiger partial charge in [0.15, 0.2) is 11.9 Å². The minimum atomic E-state index is -0.649. The summed E-state index contributed by atoms with van der Waals surface area (Å²) in [6.45, 7) is 5.34. The Morgan fingerprint density at radius 3 is 2.75 bits per heavy atom. The zero-order valence-corrected chi connectivity index (χ0v) is 14.5. The number of carbonyl (C=O) groups is 2. The molecule has 0 spiro atoms. The molecule has 1 atom stereocenters. The maximum absolute atomic E-state index is 12.4. The predicted octanol–water partition coefficient (Wildman–Crippen LogP) is 2.48. The minimum absolute atomic E-state index is 0.0256. The number of aromatic nitrogens is 2. The maximum atomic E-state index is 12.4. The fourth-order valence-electron chi connectivity index (χ4n) is 2.39. The van der Waals surface area contributed by atoms with E-state index in [4.69, 9.17) is 9.47 Å². The number of carbonyl (C=O) groups excluding carboxylic acids is 2. The second-order valence-electron chi connectivity index (χ2n) is 5.76. The quantitative estimate of drug-likeness (QED) is 0.832. The van der Waals surface area contributed by atoms with Crippen LogP contribution in [0.15, 0.2) is 4.79 Å². The zero-order valence-electron chi connectivity index (χ0n) is 13.7. The summed E-state index contributed by atoms with van der Waals surface area (Å²) in [5.41, 5.74) is 0.199. The number of rotatable bonds is 5. The molecule has 7 nitrogen and oxygen atoms in total. The van der Waals surface area contributed by atoms with Crippen LogP contribution < -0.4 is 5.56 Å². The Bertz CT molecular complexity index is 865. The van der Waals surface area contributed by atoms with Gasteiger partial charge < -0.3 is 14.5 Å². The van der Waals surface area contributed by atoms with E-state index in [2.05, 4.69) is 9.97 Å². The zero-order chi connectivity index (χ0) is 17.4. The molecule has 0 radical (unpaired) electrons. The van der Waals surface area contributed by atoms with E-state index in [1.54, 1.807) is 20.8 Å². The molecule has 2 aromatic rings. The molecule has 1 aliphatic rings. The largest absolute Gasteiger partial charge is 0.462 e. The number of H-pyrrole nitrogens is 1. The van der Waals surface area contributed by atoms with Crippen LogP contribution in [0.5, 0.6) is 0 Å². The SMILES string of the molecule is CCOC(=O)c1sc2nc([C@H](C)OC(=O)C3CC3)[nH]c(=O)c2c1C. The van der Waals surface area contributed by atoms with Gasteiger partial charge in [-0.05, 0) is 39.2 Å². The Kier molecular flexibility index (Phi) is 4.40. The van der Waals surface area contributed by atoms with Gasteiger partial charge in [-0.15, -0.1) is 11.3 Å². The summed E-state index contributed by atoms with van der Waals surface area (Å²) in [5, 5.41) is 0.368. The number of aryl methyl sites for hydroxylation is 1. The van der Waals surface area contributed by atoms with Gasteiger partial charge in [-0.2, -0.15) is 0 Å². The van der Waals surface area contributed by atoms with Crippen LogP contribution in [0.25, 0.3) is 10.2 Å².